The minimum atomic E-state index is 0.469. The van der Waals surface area contributed by atoms with Gasteiger partial charge in [-0.2, -0.15) is 17.0 Å². The van der Waals surface area contributed by atoms with Crippen LogP contribution in [0.2, 0.25) is 0 Å². The van der Waals surface area contributed by atoms with Gasteiger partial charge in [0.25, 0.3) is 0 Å². The number of nitriles is 1. The van der Waals surface area contributed by atoms with E-state index >= 15 is 0 Å². The Morgan fingerprint density at radius 2 is 2.24 bits per heavy atom. The molecule has 1 aliphatic heterocycles. The number of pyridine rings is 2. The highest BCUT2D eigenvalue weighted by atomic mass is 32.2. The minimum Gasteiger partial charge on any atom is -0.383 e. The van der Waals surface area contributed by atoms with Crippen molar-refractivity contribution >= 4 is 35.4 Å². The number of fused-ring (bicyclic) bond motifs is 1. The lowest BCUT2D eigenvalue weighted by atomic mass is 10.0. The Bertz CT molecular complexity index is 924. The molecule has 1 N–H and O–H groups in total. The Balaban J connectivity index is 1.98. The summed E-state index contributed by atoms with van der Waals surface area (Å²) in [5.74, 6) is 2.47. The van der Waals surface area contributed by atoms with Crippen LogP contribution in [0.3, 0.4) is 0 Å². The van der Waals surface area contributed by atoms with Crippen molar-refractivity contribution in [3.8, 4) is 6.07 Å². The van der Waals surface area contributed by atoms with Gasteiger partial charge in [-0.05, 0) is 50.4 Å². The van der Waals surface area contributed by atoms with E-state index in [1.165, 1.54) is 0 Å². The summed E-state index contributed by atoms with van der Waals surface area (Å²) in [5, 5.41) is 12.7. The molecule has 8 heteroatoms. The largest absolute Gasteiger partial charge is 0.383 e. The molecule has 2 aromatic heterocycles. The van der Waals surface area contributed by atoms with Crippen LogP contribution in [-0.2, 0) is 13.0 Å². The maximum Gasteiger partial charge on any atom is 0.168 e. The second-order valence-corrected chi connectivity index (χ2v) is 8.23. The van der Waals surface area contributed by atoms with Crippen molar-refractivity contribution < 1.29 is 4.79 Å². The molecule has 0 atom stereocenters. The van der Waals surface area contributed by atoms with E-state index in [9.17, 15) is 10.1 Å². The van der Waals surface area contributed by atoms with E-state index < -0.39 is 0 Å². The molecule has 0 radical (unpaired) electrons. The van der Waals surface area contributed by atoms with Gasteiger partial charge in [-0.25, -0.2) is 9.97 Å². The Labute approximate surface area is 176 Å². The summed E-state index contributed by atoms with van der Waals surface area (Å²) in [7, 11) is 3.96. The fourth-order valence-corrected chi connectivity index (χ4v) is 3.77. The van der Waals surface area contributed by atoms with Crippen LogP contribution in [0.15, 0.2) is 18.3 Å². The zero-order valence-electron chi connectivity index (χ0n) is 17.1. The van der Waals surface area contributed by atoms with Crippen LogP contribution in [0, 0.1) is 11.3 Å². The Morgan fingerprint density at radius 3 is 2.93 bits per heavy atom. The van der Waals surface area contributed by atoms with Gasteiger partial charge in [0.2, 0.25) is 0 Å². The summed E-state index contributed by atoms with van der Waals surface area (Å²) in [5.41, 5.74) is 3.84. The van der Waals surface area contributed by atoms with Crippen molar-refractivity contribution in [3.63, 3.8) is 0 Å². The first kappa shape index (κ1) is 21.1. The van der Waals surface area contributed by atoms with Crippen LogP contribution in [0.4, 0.5) is 17.3 Å². The van der Waals surface area contributed by atoms with Gasteiger partial charge < -0.3 is 15.1 Å². The highest BCUT2D eigenvalue weighted by Crippen LogP contribution is 2.33. The van der Waals surface area contributed by atoms with Crippen LogP contribution in [-0.4, -0.2) is 60.3 Å². The van der Waals surface area contributed by atoms with Crippen molar-refractivity contribution in [1.82, 2.24) is 14.9 Å². The van der Waals surface area contributed by atoms with Crippen LogP contribution >= 0.6 is 11.8 Å². The highest BCUT2D eigenvalue weighted by Gasteiger charge is 2.24. The van der Waals surface area contributed by atoms with Gasteiger partial charge >= 0.3 is 0 Å². The van der Waals surface area contributed by atoms with E-state index in [1.807, 2.05) is 30.0 Å². The number of nitrogens with zero attached hydrogens (tertiary/aromatic N) is 5. The molecule has 3 rings (SSSR count). The summed E-state index contributed by atoms with van der Waals surface area (Å²) >= 11 is 1.75. The predicted molar refractivity (Wildman–Crippen MR) is 118 cm³/mol. The minimum absolute atomic E-state index is 0.469. The predicted octanol–water partition coefficient (Wildman–Crippen LogP) is 3.08. The smallest absolute Gasteiger partial charge is 0.168 e. The number of aryl methyl sites for hydroxylation is 1. The molecule has 0 bridgehead atoms. The van der Waals surface area contributed by atoms with Gasteiger partial charge in [-0.15, -0.1) is 0 Å². The number of rotatable bonds is 8. The molecule has 29 heavy (non-hydrogen) atoms. The molecule has 0 aliphatic carbocycles. The fourth-order valence-electron chi connectivity index (χ4n) is 3.47. The quantitative estimate of drug-likeness (QED) is 0.525. The fraction of sp³-hybridized carbons (Fsp3) is 0.429. The van der Waals surface area contributed by atoms with E-state index in [4.69, 9.17) is 4.98 Å². The average Bonchev–Trinajstić information content (AvgIpc) is 2.72. The number of nitrogens with one attached hydrogen (secondary N) is 1. The molecular formula is C21H26N6OS. The summed E-state index contributed by atoms with van der Waals surface area (Å²) < 4.78 is 0. The van der Waals surface area contributed by atoms with E-state index in [0.29, 0.717) is 17.8 Å². The van der Waals surface area contributed by atoms with E-state index in [2.05, 4.69) is 28.7 Å². The van der Waals surface area contributed by atoms with E-state index in [1.54, 1.807) is 18.0 Å². The first-order chi connectivity index (χ1) is 14.1. The number of hydrogen-bond donors (Lipinski definition) is 1. The van der Waals surface area contributed by atoms with Crippen molar-refractivity contribution in [2.45, 2.75) is 19.4 Å². The molecule has 0 saturated heterocycles. The van der Waals surface area contributed by atoms with Gasteiger partial charge in [0, 0.05) is 37.7 Å². The maximum absolute atomic E-state index is 11.7. The summed E-state index contributed by atoms with van der Waals surface area (Å²) in [6.45, 7) is 2.22. The number of carbonyl (C=O) groups excluding carboxylic acids is 1. The van der Waals surface area contributed by atoms with Crippen molar-refractivity contribution in [2.24, 2.45) is 0 Å². The molecule has 0 fully saturated rings. The summed E-state index contributed by atoms with van der Waals surface area (Å²) in [6, 6.07) is 6.20. The molecule has 1 aliphatic rings. The number of hydrogen-bond acceptors (Lipinski definition) is 8. The lowest BCUT2D eigenvalue weighted by Gasteiger charge is -2.30. The maximum atomic E-state index is 11.7. The highest BCUT2D eigenvalue weighted by molar-refractivity contribution is 7.98. The van der Waals surface area contributed by atoms with Crippen LogP contribution < -0.4 is 10.2 Å². The van der Waals surface area contributed by atoms with Gasteiger partial charge in [-0.3, -0.25) is 4.79 Å². The van der Waals surface area contributed by atoms with Gasteiger partial charge in [0.15, 0.2) is 6.29 Å². The molecule has 0 saturated carbocycles. The molecule has 7 nitrogen and oxygen atoms in total. The van der Waals surface area contributed by atoms with Gasteiger partial charge in [0.1, 0.15) is 23.4 Å². The molecule has 0 amide bonds. The van der Waals surface area contributed by atoms with E-state index in [0.717, 1.165) is 66.4 Å². The lowest BCUT2D eigenvalue weighted by molar-refractivity contribution is 0.111. The zero-order chi connectivity index (χ0) is 20.8. The molecule has 2 aromatic rings. The number of anilines is 3. The Morgan fingerprint density at radius 1 is 1.41 bits per heavy atom. The molecule has 0 aromatic carbocycles. The number of aromatic nitrogens is 2. The Hall–Kier alpha value is -2.63. The average molecular weight is 411 g/mol. The van der Waals surface area contributed by atoms with Crippen molar-refractivity contribution in [3.05, 3.63) is 40.7 Å². The summed E-state index contributed by atoms with van der Waals surface area (Å²) in [6.07, 6.45) is 6.39. The van der Waals surface area contributed by atoms with Crippen molar-refractivity contribution in [1.29, 1.82) is 5.26 Å². The van der Waals surface area contributed by atoms with Gasteiger partial charge in [-0.1, -0.05) is 0 Å². The third kappa shape index (κ3) is 4.86. The molecule has 0 spiro atoms. The third-order valence-corrected chi connectivity index (χ3v) is 5.39. The van der Waals surface area contributed by atoms with Crippen molar-refractivity contribution in [2.75, 3.05) is 49.4 Å². The molecular weight excluding hydrogens is 384 g/mol. The number of thioether (sulfide) groups is 1. The Kier molecular flexibility index (Phi) is 7.07. The lowest BCUT2D eigenvalue weighted by Crippen LogP contribution is -2.28. The molecule has 3 heterocycles. The van der Waals surface area contributed by atoms with Gasteiger partial charge in [0.05, 0.1) is 11.3 Å². The SMILES string of the molecule is CSCCNc1cc(N2CCCc3cc(CN(C)C)c(C=O)nc32)ncc1C#N. The first-order valence-corrected chi connectivity index (χ1v) is 11.0. The molecule has 0 unspecified atom stereocenters. The monoisotopic (exact) mass is 410 g/mol. The standard InChI is InChI=1S/C21H26N6OS/c1-26(2)13-16-9-15-5-4-7-27(21(15)25-19(16)14-28)20-10-18(23-6-8-29-3)17(11-22)12-24-20/h9-10,12,14H,4-8,13H2,1-3H3,(H,23,24). The second-order valence-electron chi connectivity index (χ2n) is 7.25. The number of carbonyl (C=O) groups is 1. The molecule has 152 valence electrons. The second kappa shape index (κ2) is 9.72. The van der Waals surface area contributed by atoms with E-state index in [-0.39, 0.29) is 0 Å². The van der Waals surface area contributed by atoms with Crippen LogP contribution in [0.5, 0.6) is 0 Å². The normalized spacial score (nSPS) is 13.1. The third-order valence-electron chi connectivity index (χ3n) is 4.78. The topological polar surface area (TPSA) is 85.2 Å². The number of aldehydes is 1. The van der Waals surface area contributed by atoms with Crippen LogP contribution in [0.1, 0.15) is 33.6 Å². The van der Waals surface area contributed by atoms with Crippen LogP contribution in [0.25, 0.3) is 0 Å². The first-order valence-electron chi connectivity index (χ1n) is 9.60. The zero-order valence-corrected chi connectivity index (χ0v) is 17.9. The summed E-state index contributed by atoms with van der Waals surface area (Å²) in [4.78, 5) is 24.9.